The van der Waals surface area contributed by atoms with Gasteiger partial charge in [-0.05, 0) is 46.7 Å². The SMILES string of the molecule is [C-]#[N+]c1ccc(C)c(C#CC2(O)CCN(C(=O)Cc3ccc(-n4cnnn4)cc3)CC2)c1. The summed E-state index contributed by atoms with van der Waals surface area (Å²) in [6.45, 7) is 9.98. The van der Waals surface area contributed by atoms with Crippen LogP contribution in [0.15, 0.2) is 48.8 Å². The molecule has 3 aromatic rings. The highest BCUT2D eigenvalue weighted by atomic mass is 16.3. The van der Waals surface area contributed by atoms with Gasteiger partial charge in [-0.15, -0.1) is 5.10 Å². The fourth-order valence-corrected chi connectivity index (χ4v) is 3.58. The predicted octanol–water partition coefficient (Wildman–Crippen LogP) is 2.47. The molecular formula is C24H22N6O2. The van der Waals surface area contributed by atoms with E-state index in [1.807, 2.05) is 37.3 Å². The van der Waals surface area contributed by atoms with Gasteiger partial charge in [-0.3, -0.25) is 4.79 Å². The minimum absolute atomic E-state index is 0.0239. The molecule has 1 aromatic heterocycles. The van der Waals surface area contributed by atoms with Crippen LogP contribution in [-0.4, -0.2) is 54.8 Å². The van der Waals surface area contributed by atoms with Crippen LogP contribution in [0.3, 0.4) is 0 Å². The van der Waals surface area contributed by atoms with E-state index in [1.165, 1.54) is 6.33 Å². The Kier molecular flexibility index (Phi) is 5.98. The lowest BCUT2D eigenvalue weighted by atomic mass is 9.91. The Hall–Kier alpha value is -4.01. The third-order valence-electron chi connectivity index (χ3n) is 5.63. The number of carbonyl (C=O) groups is 1. The molecule has 1 aliphatic heterocycles. The molecule has 2 aromatic carbocycles. The first-order valence-corrected chi connectivity index (χ1v) is 10.3. The fourth-order valence-electron chi connectivity index (χ4n) is 3.58. The average molecular weight is 426 g/mol. The molecule has 4 rings (SSSR count). The molecule has 0 aliphatic carbocycles. The van der Waals surface area contributed by atoms with Crippen LogP contribution in [0.1, 0.15) is 29.5 Å². The molecular weight excluding hydrogens is 404 g/mol. The first kappa shape index (κ1) is 21.2. The van der Waals surface area contributed by atoms with Gasteiger partial charge in [0.1, 0.15) is 11.9 Å². The van der Waals surface area contributed by atoms with Crippen molar-refractivity contribution in [3.05, 3.63) is 76.9 Å². The van der Waals surface area contributed by atoms with Crippen LogP contribution in [-0.2, 0) is 11.2 Å². The number of likely N-dealkylation sites (tertiary alicyclic amines) is 1. The van der Waals surface area contributed by atoms with E-state index in [0.717, 1.165) is 22.4 Å². The molecule has 160 valence electrons. The molecule has 1 aliphatic rings. The van der Waals surface area contributed by atoms with Crippen LogP contribution in [0.2, 0.25) is 0 Å². The van der Waals surface area contributed by atoms with Crippen LogP contribution in [0.25, 0.3) is 10.5 Å². The van der Waals surface area contributed by atoms with Crippen LogP contribution in [0.5, 0.6) is 0 Å². The minimum Gasteiger partial charge on any atom is -0.377 e. The van der Waals surface area contributed by atoms with Crippen molar-refractivity contribution in [2.75, 3.05) is 13.1 Å². The van der Waals surface area contributed by atoms with E-state index < -0.39 is 5.60 Å². The van der Waals surface area contributed by atoms with Gasteiger partial charge in [-0.25, -0.2) is 9.53 Å². The number of hydrogen-bond donors (Lipinski definition) is 1. The van der Waals surface area contributed by atoms with Crippen molar-refractivity contribution < 1.29 is 9.90 Å². The summed E-state index contributed by atoms with van der Waals surface area (Å²) in [6, 6.07) is 12.9. The van der Waals surface area contributed by atoms with Crippen LogP contribution in [0, 0.1) is 25.3 Å². The van der Waals surface area contributed by atoms with Gasteiger partial charge < -0.3 is 10.0 Å². The van der Waals surface area contributed by atoms with E-state index in [1.54, 1.807) is 21.7 Å². The normalized spacial score (nSPS) is 14.8. The molecule has 1 amide bonds. The second kappa shape index (κ2) is 9.01. The van der Waals surface area contributed by atoms with Crippen LogP contribution in [0.4, 0.5) is 5.69 Å². The molecule has 8 heteroatoms. The van der Waals surface area contributed by atoms with Crippen molar-refractivity contribution in [1.29, 1.82) is 0 Å². The number of piperidine rings is 1. The van der Waals surface area contributed by atoms with Gasteiger partial charge in [-0.2, -0.15) is 0 Å². The summed E-state index contributed by atoms with van der Waals surface area (Å²) >= 11 is 0. The van der Waals surface area contributed by atoms with E-state index in [0.29, 0.717) is 38.0 Å². The van der Waals surface area contributed by atoms with Crippen LogP contribution >= 0.6 is 0 Å². The maximum absolute atomic E-state index is 12.7. The van der Waals surface area contributed by atoms with Gasteiger partial charge in [0.2, 0.25) is 5.91 Å². The van der Waals surface area contributed by atoms with Crippen molar-refractivity contribution in [3.63, 3.8) is 0 Å². The summed E-state index contributed by atoms with van der Waals surface area (Å²) in [5.41, 5.74) is 2.83. The van der Waals surface area contributed by atoms with Gasteiger partial charge in [0, 0.05) is 31.5 Å². The second-order valence-corrected chi connectivity index (χ2v) is 7.87. The Bertz CT molecular complexity index is 1210. The van der Waals surface area contributed by atoms with Gasteiger partial charge in [0.25, 0.3) is 0 Å². The maximum atomic E-state index is 12.7. The molecule has 1 saturated heterocycles. The van der Waals surface area contributed by atoms with E-state index in [2.05, 4.69) is 32.2 Å². The Labute approximate surface area is 186 Å². The number of aromatic nitrogens is 4. The third-order valence-corrected chi connectivity index (χ3v) is 5.63. The molecule has 1 N–H and O–H groups in total. The van der Waals surface area contributed by atoms with Crippen molar-refractivity contribution in [2.45, 2.75) is 31.8 Å². The van der Waals surface area contributed by atoms with Crippen molar-refractivity contribution in [1.82, 2.24) is 25.1 Å². The molecule has 1 fully saturated rings. The highest BCUT2D eigenvalue weighted by Crippen LogP contribution is 2.23. The molecule has 0 bridgehead atoms. The summed E-state index contributed by atoms with van der Waals surface area (Å²) < 4.78 is 1.55. The Morgan fingerprint density at radius 2 is 1.97 bits per heavy atom. The summed E-state index contributed by atoms with van der Waals surface area (Å²) in [4.78, 5) is 17.9. The largest absolute Gasteiger partial charge is 0.377 e. The first-order valence-electron chi connectivity index (χ1n) is 10.3. The molecule has 2 heterocycles. The highest BCUT2D eigenvalue weighted by molar-refractivity contribution is 5.79. The number of tetrazole rings is 1. The van der Waals surface area contributed by atoms with E-state index in [4.69, 9.17) is 6.57 Å². The number of carbonyl (C=O) groups excluding carboxylic acids is 1. The van der Waals surface area contributed by atoms with Gasteiger partial charge in [0.15, 0.2) is 5.69 Å². The van der Waals surface area contributed by atoms with Crippen molar-refractivity contribution in [3.8, 4) is 17.5 Å². The van der Waals surface area contributed by atoms with Gasteiger partial charge >= 0.3 is 0 Å². The summed E-state index contributed by atoms with van der Waals surface area (Å²) in [7, 11) is 0. The topological polar surface area (TPSA) is 88.5 Å². The summed E-state index contributed by atoms with van der Waals surface area (Å²) in [6.07, 6.45) is 2.60. The van der Waals surface area contributed by atoms with E-state index in [9.17, 15) is 9.90 Å². The average Bonchev–Trinajstić information content (AvgIpc) is 3.34. The molecule has 0 spiro atoms. The maximum Gasteiger partial charge on any atom is 0.226 e. The zero-order valence-electron chi connectivity index (χ0n) is 17.7. The lowest BCUT2D eigenvalue weighted by Crippen LogP contribution is -2.46. The standard InChI is InChI=1S/C24H22N6O2/c1-18-3-6-21(25-2)16-20(18)9-10-24(32)11-13-29(14-12-24)23(31)15-19-4-7-22(8-5-19)30-17-26-27-28-30/h3-8,16-17,32H,11-15H2,1H3. The summed E-state index contributed by atoms with van der Waals surface area (Å²) in [5, 5.41) is 21.9. The number of benzene rings is 2. The van der Waals surface area contributed by atoms with Crippen LogP contribution < -0.4 is 0 Å². The summed E-state index contributed by atoms with van der Waals surface area (Å²) in [5.74, 6) is 6.04. The van der Waals surface area contributed by atoms with Crippen molar-refractivity contribution in [2.24, 2.45) is 0 Å². The molecule has 0 unspecified atom stereocenters. The lowest BCUT2D eigenvalue weighted by molar-refractivity contribution is -0.133. The van der Waals surface area contributed by atoms with E-state index in [-0.39, 0.29) is 5.91 Å². The molecule has 0 atom stereocenters. The quantitative estimate of drug-likeness (QED) is 0.514. The number of aliphatic hydroxyl groups is 1. The molecule has 0 radical (unpaired) electrons. The lowest BCUT2D eigenvalue weighted by Gasteiger charge is -2.35. The molecule has 32 heavy (non-hydrogen) atoms. The van der Waals surface area contributed by atoms with Crippen molar-refractivity contribution >= 4 is 11.6 Å². The zero-order chi connectivity index (χ0) is 22.6. The number of rotatable bonds is 3. The second-order valence-electron chi connectivity index (χ2n) is 7.87. The fraction of sp³-hybridized carbons (Fsp3) is 0.292. The first-order chi connectivity index (χ1) is 15.5. The smallest absolute Gasteiger partial charge is 0.226 e. The minimum atomic E-state index is -1.13. The van der Waals surface area contributed by atoms with E-state index >= 15 is 0 Å². The number of amides is 1. The zero-order valence-corrected chi connectivity index (χ0v) is 17.7. The molecule has 8 nitrogen and oxygen atoms in total. The third kappa shape index (κ3) is 4.83. The number of nitrogens with zero attached hydrogens (tertiary/aromatic N) is 6. The monoisotopic (exact) mass is 426 g/mol. The van der Waals surface area contributed by atoms with Gasteiger partial charge in [-0.1, -0.05) is 36.1 Å². The Morgan fingerprint density at radius 3 is 2.62 bits per heavy atom. The molecule has 0 saturated carbocycles. The Morgan fingerprint density at radius 1 is 1.22 bits per heavy atom. The van der Waals surface area contributed by atoms with Gasteiger partial charge in [0.05, 0.1) is 18.7 Å². The number of hydrogen-bond acceptors (Lipinski definition) is 5. The Balaban J connectivity index is 1.35. The predicted molar refractivity (Wildman–Crippen MR) is 118 cm³/mol. The highest BCUT2D eigenvalue weighted by Gasteiger charge is 2.32. The number of aryl methyl sites for hydroxylation is 1.